The second-order valence-electron chi connectivity index (χ2n) is 4.03. The summed E-state index contributed by atoms with van der Waals surface area (Å²) in [5.41, 5.74) is 0. The van der Waals surface area contributed by atoms with Crippen molar-refractivity contribution in [2.45, 2.75) is 19.8 Å². The van der Waals surface area contributed by atoms with E-state index in [0.29, 0.717) is 25.2 Å². The number of aromatic nitrogens is 3. The lowest BCUT2D eigenvalue weighted by Crippen LogP contribution is -2.30. The van der Waals surface area contributed by atoms with Gasteiger partial charge in [0.15, 0.2) is 0 Å². The van der Waals surface area contributed by atoms with Crippen molar-refractivity contribution in [3.05, 3.63) is 11.6 Å². The van der Waals surface area contributed by atoms with E-state index in [9.17, 15) is 9.59 Å². The third-order valence-electron chi connectivity index (χ3n) is 2.88. The SMILES string of the molecule is CCc1nc(C(=O)N2CCC(C(=O)O)C2)n[nH]1. The number of H-pyrrole nitrogens is 1. The molecule has 92 valence electrons. The Bertz CT molecular complexity index is 443. The van der Waals surface area contributed by atoms with E-state index >= 15 is 0 Å². The van der Waals surface area contributed by atoms with E-state index in [2.05, 4.69) is 15.2 Å². The quantitative estimate of drug-likeness (QED) is 0.766. The molecule has 1 fully saturated rings. The van der Waals surface area contributed by atoms with Gasteiger partial charge in [-0.1, -0.05) is 6.92 Å². The molecule has 0 aromatic carbocycles. The molecule has 1 aliphatic rings. The van der Waals surface area contributed by atoms with Crippen LogP contribution in [0.1, 0.15) is 29.8 Å². The van der Waals surface area contributed by atoms with Gasteiger partial charge in [0.1, 0.15) is 5.82 Å². The topological polar surface area (TPSA) is 99.2 Å². The van der Waals surface area contributed by atoms with Gasteiger partial charge in [-0.25, -0.2) is 4.98 Å². The first-order valence-corrected chi connectivity index (χ1v) is 5.55. The van der Waals surface area contributed by atoms with Gasteiger partial charge < -0.3 is 10.0 Å². The number of aliphatic carboxylic acids is 1. The molecule has 0 aliphatic carbocycles. The predicted octanol–water partition coefficient (Wildman–Crippen LogP) is -0.0862. The molecule has 1 aromatic rings. The second-order valence-corrected chi connectivity index (χ2v) is 4.03. The summed E-state index contributed by atoms with van der Waals surface area (Å²) in [6.45, 7) is 2.60. The fourth-order valence-corrected chi connectivity index (χ4v) is 1.84. The van der Waals surface area contributed by atoms with Gasteiger partial charge in [-0.3, -0.25) is 14.7 Å². The Kier molecular flexibility index (Phi) is 3.08. The third-order valence-corrected chi connectivity index (χ3v) is 2.88. The summed E-state index contributed by atoms with van der Waals surface area (Å²) in [5.74, 6) is -0.854. The maximum Gasteiger partial charge on any atom is 0.308 e. The molecular formula is C10H14N4O3. The van der Waals surface area contributed by atoms with Crippen molar-refractivity contribution in [1.82, 2.24) is 20.1 Å². The first-order valence-electron chi connectivity index (χ1n) is 5.55. The van der Waals surface area contributed by atoms with E-state index in [4.69, 9.17) is 5.11 Å². The van der Waals surface area contributed by atoms with Gasteiger partial charge in [0.25, 0.3) is 5.91 Å². The third kappa shape index (κ3) is 2.27. The van der Waals surface area contributed by atoms with Crippen LogP contribution in [0.25, 0.3) is 0 Å². The van der Waals surface area contributed by atoms with Crippen LogP contribution in [0.5, 0.6) is 0 Å². The number of carbonyl (C=O) groups excluding carboxylic acids is 1. The zero-order valence-electron chi connectivity index (χ0n) is 9.51. The number of carboxylic acids is 1. The Morgan fingerprint density at radius 2 is 2.35 bits per heavy atom. The zero-order chi connectivity index (χ0) is 12.4. The summed E-state index contributed by atoms with van der Waals surface area (Å²) in [6, 6.07) is 0. The van der Waals surface area contributed by atoms with Crippen LogP contribution in [-0.4, -0.2) is 50.2 Å². The summed E-state index contributed by atoms with van der Waals surface area (Å²) in [4.78, 5) is 28.2. The first kappa shape index (κ1) is 11.6. The van der Waals surface area contributed by atoms with E-state index in [0.717, 1.165) is 0 Å². The van der Waals surface area contributed by atoms with Gasteiger partial charge in [0, 0.05) is 19.5 Å². The molecule has 1 saturated heterocycles. The van der Waals surface area contributed by atoms with Crippen molar-refractivity contribution in [2.75, 3.05) is 13.1 Å². The van der Waals surface area contributed by atoms with E-state index in [1.165, 1.54) is 4.90 Å². The molecule has 1 atom stereocenters. The number of nitrogens with one attached hydrogen (secondary N) is 1. The Labute approximate surface area is 97.8 Å². The van der Waals surface area contributed by atoms with Gasteiger partial charge >= 0.3 is 5.97 Å². The van der Waals surface area contributed by atoms with Crippen molar-refractivity contribution >= 4 is 11.9 Å². The van der Waals surface area contributed by atoms with Crippen LogP contribution in [0.2, 0.25) is 0 Å². The van der Waals surface area contributed by atoms with Crippen molar-refractivity contribution < 1.29 is 14.7 Å². The van der Waals surface area contributed by atoms with Gasteiger partial charge in [-0.05, 0) is 6.42 Å². The molecule has 0 spiro atoms. The van der Waals surface area contributed by atoms with E-state index < -0.39 is 11.9 Å². The van der Waals surface area contributed by atoms with Crippen molar-refractivity contribution in [3.63, 3.8) is 0 Å². The highest BCUT2D eigenvalue weighted by atomic mass is 16.4. The number of rotatable bonds is 3. The number of hydrogen-bond donors (Lipinski definition) is 2. The van der Waals surface area contributed by atoms with Crippen LogP contribution in [0.3, 0.4) is 0 Å². The molecule has 7 heteroatoms. The minimum Gasteiger partial charge on any atom is -0.481 e. The highest BCUT2D eigenvalue weighted by Gasteiger charge is 2.32. The molecule has 1 unspecified atom stereocenters. The van der Waals surface area contributed by atoms with Gasteiger partial charge in [0.05, 0.1) is 5.92 Å². The van der Waals surface area contributed by atoms with Gasteiger partial charge in [-0.2, -0.15) is 0 Å². The summed E-state index contributed by atoms with van der Waals surface area (Å²) >= 11 is 0. The number of carbonyl (C=O) groups is 2. The standard InChI is InChI=1S/C10H14N4O3/c1-2-7-11-8(13-12-7)9(15)14-4-3-6(5-14)10(16)17/h6H,2-5H2,1H3,(H,16,17)(H,11,12,13). The minimum atomic E-state index is -0.857. The smallest absolute Gasteiger partial charge is 0.308 e. The average Bonchev–Trinajstić information content (AvgIpc) is 2.97. The molecule has 0 saturated carbocycles. The van der Waals surface area contributed by atoms with E-state index in [-0.39, 0.29) is 18.3 Å². The van der Waals surface area contributed by atoms with Gasteiger partial charge in [0.2, 0.25) is 5.82 Å². The zero-order valence-corrected chi connectivity index (χ0v) is 9.51. The van der Waals surface area contributed by atoms with Crippen LogP contribution in [0.15, 0.2) is 0 Å². The molecular weight excluding hydrogens is 224 g/mol. The normalized spacial score (nSPS) is 19.6. The van der Waals surface area contributed by atoms with Crippen LogP contribution in [0.4, 0.5) is 0 Å². The number of aromatic amines is 1. The Hall–Kier alpha value is -1.92. The Balaban J connectivity index is 2.04. The summed E-state index contributed by atoms with van der Waals surface area (Å²) in [5, 5.41) is 15.3. The van der Waals surface area contributed by atoms with Crippen molar-refractivity contribution in [2.24, 2.45) is 5.92 Å². The Morgan fingerprint density at radius 3 is 2.88 bits per heavy atom. The number of nitrogens with zero attached hydrogens (tertiary/aromatic N) is 3. The molecule has 17 heavy (non-hydrogen) atoms. The molecule has 1 amide bonds. The molecule has 2 rings (SSSR count). The molecule has 1 aromatic heterocycles. The fraction of sp³-hybridized carbons (Fsp3) is 0.600. The molecule has 0 radical (unpaired) electrons. The average molecular weight is 238 g/mol. The first-order chi connectivity index (χ1) is 8.11. The number of hydrogen-bond acceptors (Lipinski definition) is 4. The molecule has 0 bridgehead atoms. The lowest BCUT2D eigenvalue weighted by atomic mass is 10.1. The number of amides is 1. The molecule has 7 nitrogen and oxygen atoms in total. The monoisotopic (exact) mass is 238 g/mol. The molecule has 1 aliphatic heterocycles. The minimum absolute atomic E-state index is 0.118. The van der Waals surface area contributed by atoms with Crippen LogP contribution >= 0.6 is 0 Å². The maximum atomic E-state index is 11.9. The second kappa shape index (κ2) is 4.52. The number of aryl methyl sites for hydroxylation is 1. The molecule has 2 N–H and O–H groups in total. The largest absolute Gasteiger partial charge is 0.481 e. The van der Waals surface area contributed by atoms with Crippen LogP contribution in [0, 0.1) is 5.92 Å². The van der Waals surface area contributed by atoms with Crippen molar-refractivity contribution in [1.29, 1.82) is 0 Å². The molecule has 2 heterocycles. The highest BCUT2D eigenvalue weighted by molar-refractivity contribution is 5.91. The lowest BCUT2D eigenvalue weighted by Gasteiger charge is -2.12. The highest BCUT2D eigenvalue weighted by Crippen LogP contribution is 2.17. The van der Waals surface area contributed by atoms with Crippen LogP contribution in [-0.2, 0) is 11.2 Å². The lowest BCUT2D eigenvalue weighted by molar-refractivity contribution is -0.141. The van der Waals surface area contributed by atoms with E-state index in [1.807, 2.05) is 6.92 Å². The fourth-order valence-electron chi connectivity index (χ4n) is 1.84. The number of carboxylic acid groups (broad SMARTS) is 1. The Morgan fingerprint density at radius 1 is 1.59 bits per heavy atom. The predicted molar refractivity (Wildman–Crippen MR) is 57.4 cm³/mol. The van der Waals surface area contributed by atoms with Crippen molar-refractivity contribution in [3.8, 4) is 0 Å². The van der Waals surface area contributed by atoms with E-state index in [1.54, 1.807) is 0 Å². The summed E-state index contributed by atoms with van der Waals surface area (Å²) in [7, 11) is 0. The van der Waals surface area contributed by atoms with Crippen LogP contribution < -0.4 is 0 Å². The maximum absolute atomic E-state index is 11.9. The summed E-state index contributed by atoms with van der Waals surface area (Å²) in [6.07, 6.45) is 1.17. The number of likely N-dealkylation sites (tertiary alicyclic amines) is 1. The summed E-state index contributed by atoms with van der Waals surface area (Å²) < 4.78 is 0. The van der Waals surface area contributed by atoms with Gasteiger partial charge in [-0.15, -0.1) is 5.10 Å².